The topological polar surface area (TPSA) is 51.4 Å². The number of nitrogens with zero attached hydrogens (tertiary/aromatic N) is 2. The zero-order valence-electron chi connectivity index (χ0n) is 11.3. The van der Waals surface area contributed by atoms with Crippen LogP contribution in [0.25, 0.3) is 0 Å². The van der Waals surface area contributed by atoms with E-state index in [1.807, 2.05) is 12.1 Å². The number of ether oxygens (including phenoxy) is 1. The third-order valence-corrected chi connectivity index (χ3v) is 3.51. The van der Waals surface area contributed by atoms with E-state index in [0.717, 1.165) is 44.6 Å². The van der Waals surface area contributed by atoms with Gasteiger partial charge in [0.1, 0.15) is 4.99 Å². The minimum Gasteiger partial charge on any atom is -0.388 e. The first-order valence-electron chi connectivity index (χ1n) is 6.83. The van der Waals surface area contributed by atoms with Crippen molar-refractivity contribution in [2.75, 3.05) is 24.6 Å². The van der Waals surface area contributed by atoms with E-state index >= 15 is 0 Å². The molecule has 0 aromatic carbocycles. The molecule has 104 valence electrons. The number of anilines is 1. The van der Waals surface area contributed by atoms with E-state index in [1.165, 1.54) is 0 Å². The normalized spacial score (nSPS) is 19.4. The average Bonchev–Trinajstić information content (AvgIpc) is 2.45. The van der Waals surface area contributed by atoms with Crippen molar-refractivity contribution < 1.29 is 4.74 Å². The van der Waals surface area contributed by atoms with Crippen LogP contribution in [0, 0.1) is 0 Å². The van der Waals surface area contributed by atoms with Gasteiger partial charge in [-0.25, -0.2) is 0 Å². The Bertz CT molecular complexity index is 438. The van der Waals surface area contributed by atoms with Crippen LogP contribution >= 0.6 is 12.2 Å². The van der Waals surface area contributed by atoms with Gasteiger partial charge in [0.15, 0.2) is 0 Å². The van der Waals surface area contributed by atoms with Gasteiger partial charge in [-0.15, -0.1) is 0 Å². The van der Waals surface area contributed by atoms with Crippen LogP contribution in [-0.2, 0) is 4.74 Å². The summed E-state index contributed by atoms with van der Waals surface area (Å²) >= 11 is 4.98. The summed E-state index contributed by atoms with van der Waals surface area (Å²) in [6, 6.07) is 3.97. The van der Waals surface area contributed by atoms with E-state index in [0.29, 0.717) is 16.8 Å². The lowest BCUT2D eigenvalue weighted by atomic mass is 10.1. The molecule has 0 saturated carbocycles. The molecule has 0 spiro atoms. The molecule has 1 saturated heterocycles. The van der Waals surface area contributed by atoms with E-state index in [1.54, 1.807) is 6.20 Å². The number of rotatable bonds is 5. The second-order valence-corrected chi connectivity index (χ2v) is 5.28. The van der Waals surface area contributed by atoms with Crippen molar-refractivity contribution in [3.63, 3.8) is 0 Å². The van der Waals surface area contributed by atoms with Gasteiger partial charge >= 0.3 is 0 Å². The van der Waals surface area contributed by atoms with E-state index in [9.17, 15) is 0 Å². The first-order chi connectivity index (χ1) is 9.20. The molecule has 1 atom stereocenters. The summed E-state index contributed by atoms with van der Waals surface area (Å²) in [5.41, 5.74) is 7.44. The molecule has 0 aliphatic carbocycles. The lowest BCUT2D eigenvalue weighted by molar-refractivity contribution is 0.0440. The van der Waals surface area contributed by atoms with Gasteiger partial charge in [0.2, 0.25) is 0 Å². The summed E-state index contributed by atoms with van der Waals surface area (Å²) in [7, 11) is 0. The zero-order valence-corrected chi connectivity index (χ0v) is 12.2. The first-order valence-corrected chi connectivity index (χ1v) is 7.24. The molecule has 5 heteroatoms. The molecule has 2 rings (SSSR count). The molecule has 1 fully saturated rings. The highest BCUT2D eigenvalue weighted by molar-refractivity contribution is 7.80. The minimum atomic E-state index is 0.329. The maximum Gasteiger partial charge on any atom is 0.122 e. The fourth-order valence-electron chi connectivity index (χ4n) is 2.34. The minimum absolute atomic E-state index is 0.329. The predicted octanol–water partition coefficient (Wildman–Crippen LogP) is 2.11. The standard InChI is InChI=1S/C14H21N3OS/c1-2-8-18-12-4-3-7-17(10-12)11-5-6-16-13(9-11)14(15)19/h5-6,9,12H,2-4,7-8,10H2,1H3,(H2,15,19). The van der Waals surface area contributed by atoms with Gasteiger partial charge in [0.25, 0.3) is 0 Å². The summed E-state index contributed by atoms with van der Waals surface area (Å²) in [5, 5.41) is 0. The van der Waals surface area contributed by atoms with Crippen molar-refractivity contribution in [1.82, 2.24) is 4.98 Å². The predicted molar refractivity (Wildman–Crippen MR) is 81.6 cm³/mol. The third kappa shape index (κ3) is 3.88. The van der Waals surface area contributed by atoms with E-state index in [4.69, 9.17) is 22.7 Å². The van der Waals surface area contributed by atoms with Crippen molar-refractivity contribution in [2.45, 2.75) is 32.3 Å². The molecule has 2 heterocycles. The molecule has 4 nitrogen and oxygen atoms in total. The fraction of sp³-hybridized carbons (Fsp3) is 0.571. The maximum absolute atomic E-state index is 5.85. The molecule has 0 radical (unpaired) electrons. The van der Waals surface area contributed by atoms with Crippen molar-refractivity contribution >= 4 is 22.9 Å². The van der Waals surface area contributed by atoms with E-state index in [-0.39, 0.29) is 0 Å². The van der Waals surface area contributed by atoms with Gasteiger partial charge in [-0.1, -0.05) is 19.1 Å². The van der Waals surface area contributed by atoms with Gasteiger partial charge in [0, 0.05) is 31.6 Å². The average molecular weight is 279 g/mol. The monoisotopic (exact) mass is 279 g/mol. The summed E-state index contributed by atoms with van der Waals surface area (Å²) < 4.78 is 5.85. The fourth-order valence-corrected chi connectivity index (χ4v) is 2.46. The van der Waals surface area contributed by atoms with Crippen molar-refractivity contribution in [2.24, 2.45) is 5.73 Å². The molecule has 1 aliphatic heterocycles. The Labute approximate surface area is 120 Å². The summed E-state index contributed by atoms with van der Waals surface area (Å²) in [6.07, 6.45) is 5.45. The van der Waals surface area contributed by atoms with Crippen LogP contribution in [0.4, 0.5) is 5.69 Å². The largest absolute Gasteiger partial charge is 0.388 e. The summed E-state index contributed by atoms with van der Waals surface area (Å²) in [5.74, 6) is 0. The molecule has 0 amide bonds. The van der Waals surface area contributed by atoms with Crippen LogP contribution in [-0.4, -0.2) is 35.8 Å². The Hall–Kier alpha value is -1.20. The number of aromatic nitrogens is 1. The number of hydrogen-bond acceptors (Lipinski definition) is 4. The Morgan fingerprint density at radius 2 is 2.47 bits per heavy atom. The number of thiocarbonyl (C=S) groups is 1. The number of hydrogen-bond donors (Lipinski definition) is 1. The SMILES string of the molecule is CCCOC1CCCN(c2ccnc(C(N)=S)c2)C1. The van der Waals surface area contributed by atoms with Crippen molar-refractivity contribution in [3.05, 3.63) is 24.0 Å². The maximum atomic E-state index is 5.85. The summed E-state index contributed by atoms with van der Waals surface area (Å²) in [4.78, 5) is 6.85. The van der Waals surface area contributed by atoms with Crippen LogP contribution < -0.4 is 10.6 Å². The van der Waals surface area contributed by atoms with E-state index in [2.05, 4.69) is 16.8 Å². The first kappa shape index (κ1) is 14.2. The Balaban J connectivity index is 2.04. The van der Waals surface area contributed by atoms with Crippen LogP contribution in [0.2, 0.25) is 0 Å². The molecule has 1 unspecified atom stereocenters. The van der Waals surface area contributed by atoms with Gasteiger partial charge in [-0.05, 0) is 31.4 Å². The van der Waals surface area contributed by atoms with E-state index < -0.39 is 0 Å². The molecule has 1 aromatic rings. The van der Waals surface area contributed by atoms with Gasteiger partial charge < -0.3 is 15.4 Å². The molecular formula is C14H21N3OS. The Kier molecular flexibility index (Phi) is 5.10. The number of piperidine rings is 1. The lowest BCUT2D eigenvalue weighted by Crippen LogP contribution is -2.40. The smallest absolute Gasteiger partial charge is 0.122 e. The van der Waals surface area contributed by atoms with Crippen LogP contribution in [0.15, 0.2) is 18.3 Å². The van der Waals surface area contributed by atoms with Crippen molar-refractivity contribution in [1.29, 1.82) is 0 Å². The van der Waals surface area contributed by atoms with Gasteiger partial charge in [0.05, 0.1) is 11.8 Å². The quantitative estimate of drug-likeness (QED) is 0.837. The molecular weight excluding hydrogens is 258 g/mol. The highest BCUT2D eigenvalue weighted by Gasteiger charge is 2.20. The number of pyridine rings is 1. The van der Waals surface area contributed by atoms with Crippen LogP contribution in [0.3, 0.4) is 0 Å². The second-order valence-electron chi connectivity index (χ2n) is 4.84. The van der Waals surface area contributed by atoms with Crippen molar-refractivity contribution in [3.8, 4) is 0 Å². The van der Waals surface area contributed by atoms with Crippen LogP contribution in [0.1, 0.15) is 31.9 Å². The zero-order chi connectivity index (χ0) is 13.7. The van der Waals surface area contributed by atoms with Crippen LogP contribution in [0.5, 0.6) is 0 Å². The molecule has 19 heavy (non-hydrogen) atoms. The Morgan fingerprint density at radius 1 is 1.63 bits per heavy atom. The molecule has 1 aromatic heterocycles. The van der Waals surface area contributed by atoms with Gasteiger partial charge in [-0.2, -0.15) is 0 Å². The third-order valence-electron chi connectivity index (χ3n) is 3.30. The Morgan fingerprint density at radius 3 is 3.21 bits per heavy atom. The molecule has 1 aliphatic rings. The highest BCUT2D eigenvalue weighted by atomic mass is 32.1. The summed E-state index contributed by atoms with van der Waals surface area (Å²) in [6.45, 7) is 4.96. The highest BCUT2D eigenvalue weighted by Crippen LogP contribution is 2.21. The second kappa shape index (κ2) is 6.82. The molecule has 0 bridgehead atoms. The van der Waals surface area contributed by atoms with Gasteiger partial charge in [-0.3, -0.25) is 4.98 Å². The lowest BCUT2D eigenvalue weighted by Gasteiger charge is -2.34. The molecule has 2 N–H and O–H groups in total. The number of nitrogens with two attached hydrogens (primary N) is 1.